The Morgan fingerprint density at radius 1 is 1.13 bits per heavy atom. The standard InChI is InChI=1S/C21H20ClN3O4S/c1-30-11-10-18(25-20(27)15-4-6-16(22)7-5-15)21(28)29-13-19(26)24-17-8-2-14(12-23)3-9-17/h2-9,18H,10-11,13H2,1H3,(H,24,26)(H,25,27)/t18-/m0/s1. The molecule has 0 radical (unpaired) electrons. The van der Waals surface area contributed by atoms with E-state index >= 15 is 0 Å². The number of thioether (sulfide) groups is 1. The summed E-state index contributed by atoms with van der Waals surface area (Å²) >= 11 is 7.35. The van der Waals surface area contributed by atoms with Crippen LogP contribution in [-0.2, 0) is 14.3 Å². The zero-order valence-corrected chi connectivity index (χ0v) is 17.8. The zero-order chi connectivity index (χ0) is 21.9. The molecule has 0 aliphatic carbocycles. The van der Waals surface area contributed by atoms with Crippen molar-refractivity contribution in [1.29, 1.82) is 5.26 Å². The van der Waals surface area contributed by atoms with Gasteiger partial charge in [-0.25, -0.2) is 4.79 Å². The summed E-state index contributed by atoms with van der Waals surface area (Å²) in [7, 11) is 0. The largest absolute Gasteiger partial charge is 0.454 e. The summed E-state index contributed by atoms with van der Waals surface area (Å²) in [6.45, 7) is -0.495. The van der Waals surface area contributed by atoms with Gasteiger partial charge in [0.15, 0.2) is 6.61 Å². The lowest BCUT2D eigenvalue weighted by Gasteiger charge is -2.17. The number of ether oxygens (including phenoxy) is 1. The van der Waals surface area contributed by atoms with Gasteiger partial charge in [-0.3, -0.25) is 9.59 Å². The molecule has 1 atom stereocenters. The molecule has 0 aliphatic heterocycles. The van der Waals surface area contributed by atoms with Crippen LogP contribution >= 0.6 is 23.4 Å². The van der Waals surface area contributed by atoms with Gasteiger partial charge < -0.3 is 15.4 Å². The fourth-order valence-corrected chi connectivity index (χ4v) is 2.99. The summed E-state index contributed by atoms with van der Waals surface area (Å²) in [5.41, 5.74) is 1.30. The first-order valence-electron chi connectivity index (χ1n) is 8.95. The number of nitriles is 1. The number of rotatable bonds is 9. The molecule has 9 heteroatoms. The highest BCUT2D eigenvalue weighted by molar-refractivity contribution is 7.98. The third-order valence-corrected chi connectivity index (χ3v) is 4.85. The van der Waals surface area contributed by atoms with E-state index in [0.29, 0.717) is 34.0 Å². The fourth-order valence-electron chi connectivity index (χ4n) is 2.39. The summed E-state index contributed by atoms with van der Waals surface area (Å²) in [6.07, 6.45) is 2.24. The second kappa shape index (κ2) is 11.9. The molecule has 156 valence electrons. The van der Waals surface area contributed by atoms with E-state index in [1.807, 2.05) is 12.3 Å². The van der Waals surface area contributed by atoms with Crippen LogP contribution in [0.4, 0.5) is 5.69 Å². The van der Waals surface area contributed by atoms with Crippen LogP contribution in [0.2, 0.25) is 5.02 Å². The van der Waals surface area contributed by atoms with Crippen LogP contribution in [0.3, 0.4) is 0 Å². The van der Waals surface area contributed by atoms with Gasteiger partial charge in [-0.15, -0.1) is 0 Å². The Morgan fingerprint density at radius 2 is 1.80 bits per heavy atom. The van der Waals surface area contributed by atoms with Gasteiger partial charge >= 0.3 is 5.97 Å². The lowest BCUT2D eigenvalue weighted by Crippen LogP contribution is -2.43. The van der Waals surface area contributed by atoms with Crippen molar-refractivity contribution in [2.45, 2.75) is 12.5 Å². The van der Waals surface area contributed by atoms with Gasteiger partial charge in [0.1, 0.15) is 6.04 Å². The summed E-state index contributed by atoms with van der Waals surface area (Å²) < 4.78 is 5.09. The molecule has 0 unspecified atom stereocenters. The number of amides is 2. The number of hydrogen-bond acceptors (Lipinski definition) is 6. The molecule has 0 fully saturated rings. The maximum atomic E-state index is 12.4. The number of halogens is 1. The molecule has 2 amide bonds. The van der Waals surface area contributed by atoms with E-state index in [2.05, 4.69) is 10.6 Å². The van der Waals surface area contributed by atoms with Crippen LogP contribution in [0, 0.1) is 11.3 Å². The second-order valence-corrected chi connectivity index (χ2v) is 7.58. The topological polar surface area (TPSA) is 108 Å². The van der Waals surface area contributed by atoms with Crippen molar-refractivity contribution >= 4 is 46.8 Å². The van der Waals surface area contributed by atoms with Gasteiger partial charge in [0, 0.05) is 16.3 Å². The van der Waals surface area contributed by atoms with E-state index in [0.717, 1.165) is 0 Å². The predicted molar refractivity (Wildman–Crippen MR) is 116 cm³/mol. The molecule has 0 aliphatic rings. The van der Waals surface area contributed by atoms with Gasteiger partial charge in [0.25, 0.3) is 11.8 Å². The van der Waals surface area contributed by atoms with E-state index in [-0.39, 0.29) is 0 Å². The molecule has 0 spiro atoms. The molecule has 2 rings (SSSR count). The van der Waals surface area contributed by atoms with E-state index in [1.165, 1.54) is 11.8 Å². The van der Waals surface area contributed by atoms with Crippen molar-refractivity contribution in [1.82, 2.24) is 5.32 Å². The summed E-state index contributed by atoms with van der Waals surface area (Å²) in [4.78, 5) is 36.8. The highest BCUT2D eigenvalue weighted by atomic mass is 35.5. The minimum absolute atomic E-state index is 0.358. The third-order valence-electron chi connectivity index (χ3n) is 3.95. The Morgan fingerprint density at radius 3 is 2.40 bits per heavy atom. The van der Waals surface area contributed by atoms with Gasteiger partial charge in [-0.05, 0) is 67.0 Å². The molecular weight excluding hydrogens is 426 g/mol. The maximum Gasteiger partial charge on any atom is 0.329 e. The first kappa shape index (κ1) is 23.3. The SMILES string of the molecule is CSCC[C@H](NC(=O)c1ccc(Cl)cc1)C(=O)OCC(=O)Nc1ccc(C#N)cc1. The molecule has 0 saturated carbocycles. The molecule has 2 aromatic rings. The third kappa shape index (κ3) is 7.43. The average molecular weight is 446 g/mol. The Bertz CT molecular complexity index is 927. The van der Waals surface area contributed by atoms with Gasteiger partial charge in [-0.1, -0.05) is 11.6 Å². The van der Waals surface area contributed by atoms with Crippen molar-refractivity contribution < 1.29 is 19.1 Å². The van der Waals surface area contributed by atoms with Crippen molar-refractivity contribution in [3.05, 3.63) is 64.7 Å². The molecule has 0 bridgehead atoms. The number of nitrogens with one attached hydrogen (secondary N) is 2. The quantitative estimate of drug-likeness (QED) is 0.573. The predicted octanol–water partition coefficient (Wildman–Crippen LogP) is 3.25. The minimum atomic E-state index is -0.886. The summed E-state index contributed by atoms with van der Waals surface area (Å²) in [5.74, 6) is -1.03. The van der Waals surface area contributed by atoms with Gasteiger partial charge in [0.2, 0.25) is 0 Å². The van der Waals surface area contributed by atoms with Crippen LogP contribution in [0.25, 0.3) is 0 Å². The first-order valence-corrected chi connectivity index (χ1v) is 10.7. The normalized spacial score (nSPS) is 11.1. The monoisotopic (exact) mass is 445 g/mol. The first-order chi connectivity index (χ1) is 14.4. The lowest BCUT2D eigenvalue weighted by molar-refractivity contribution is -0.149. The van der Waals surface area contributed by atoms with Crippen molar-refractivity contribution in [3.63, 3.8) is 0 Å². The van der Waals surface area contributed by atoms with Crippen molar-refractivity contribution in [2.75, 3.05) is 23.9 Å². The van der Waals surface area contributed by atoms with Crippen LogP contribution < -0.4 is 10.6 Å². The number of benzene rings is 2. The number of hydrogen-bond donors (Lipinski definition) is 2. The van der Waals surface area contributed by atoms with E-state index < -0.39 is 30.4 Å². The molecule has 30 heavy (non-hydrogen) atoms. The smallest absolute Gasteiger partial charge is 0.329 e. The molecule has 7 nitrogen and oxygen atoms in total. The number of esters is 1. The molecule has 2 N–H and O–H groups in total. The highest BCUT2D eigenvalue weighted by Gasteiger charge is 2.23. The van der Waals surface area contributed by atoms with Crippen LogP contribution in [-0.4, -0.2) is 42.4 Å². The average Bonchev–Trinajstić information content (AvgIpc) is 2.75. The molecule has 0 aromatic heterocycles. The number of carbonyl (C=O) groups is 3. The maximum absolute atomic E-state index is 12.4. The highest BCUT2D eigenvalue weighted by Crippen LogP contribution is 2.11. The van der Waals surface area contributed by atoms with Crippen LogP contribution in [0.5, 0.6) is 0 Å². The van der Waals surface area contributed by atoms with E-state index in [9.17, 15) is 14.4 Å². The Hall–Kier alpha value is -3.02. The zero-order valence-electron chi connectivity index (χ0n) is 16.2. The minimum Gasteiger partial charge on any atom is -0.454 e. The van der Waals surface area contributed by atoms with Crippen molar-refractivity contribution in [2.24, 2.45) is 0 Å². The number of carbonyl (C=O) groups excluding carboxylic acids is 3. The van der Waals surface area contributed by atoms with Gasteiger partial charge in [-0.2, -0.15) is 17.0 Å². The Balaban J connectivity index is 1.91. The fraction of sp³-hybridized carbons (Fsp3) is 0.238. The Labute approximate surface area is 183 Å². The van der Waals surface area contributed by atoms with Gasteiger partial charge in [0.05, 0.1) is 11.6 Å². The number of nitrogens with zero attached hydrogens (tertiary/aromatic N) is 1. The van der Waals surface area contributed by atoms with Crippen molar-refractivity contribution in [3.8, 4) is 6.07 Å². The lowest BCUT2D eigenvalue weighted by atomic mass is 10.1. The number of anilines is 1. The molecule has 2 aromatic carbocycles. The summed E-state index contributed by atoms with van der Waals surface area (Å²) in [6, 6.07) is 13.6. The molecular formula is C21H20ClN3O4S. The van der Waals surface area contributed by atoms with Crippen LogP contribution in [0.1, 0.15) is 22.3 Å². The Kier molecular flexibility index (Phi) is 9.19. The van der Waals surface area contributed by atoms with Crippen LogP contribution in [0.15, 0.2) is 48.5 Å². The molecule has 0 heterocycles. The summed E-state index contributed by atoms with van der Waals surface area (Å²) in [5, 5.41) is 14.5. The second-order valence-electron chi connectivity index (χ2n) is 6.16. The van der Waals surface area contributed by atoms with E-state index in [4.69, 9.17) is 21.6 Å². The molecule has 0 saturated heterocycles. The van der Waals surface area contributed by atoms with E-state index in [1.54, 1.807) is 48.5 Å².